The van der Waals surface area contributed by atoms with Crippen molar-refractivity contribution in [2.45, 2.75) is 13.0 Å². The average molecular weight is 343 g/mol. The van der Waals surface area contributed by atoms with Gasteiger partial charge in [0.15, 0.2) is 0 Å². The zero-order valence-corrected chi connectivity index (χ0v) is 13.8. The summed E-state index contributed by atoms with van der Waals surface area (Å²) in [6.07, 6.45) is 0. The van der Waals surface area contributed by atoms with Gasteiger partial charge in [-0.25, -0.2) is 4.39 Å². The summed E-state index contributed by atoms with van der Waals surface area (Å²) in [6, 6.07) is 11.9. The molecule has 1 saturated heterocycles. The van der Waals surface area contributed by atoms with E-state index in [-0.39, 0.29) is 23.5 Å². The number of piperazine rings is 1. The van der Waals surface area contributed by atoms with Crippen LogP contribution in [0.4, 0.5) is 15.8 Å². The van der Waals surface area contributed by atoms with Gasteiger partial charge in [0.25, 0.3) is 11.6 Å². The smallest absolute Gasteiger partial charge is 0.269 e. The topological polar surface area (TPSA) is 66.7 Å². The second kappa shape index (κ2) is 6.88. The molecule has 1 aliphatic rings. The van der Waals surface area contributed by atoms with Crippen LogP contribution in [-0.2, 0) is 0 Å². The average Bonchev–Trinajstić information content (AvgIpc) is 2.62. The molecule has 0 aromatic heterocycles. The van der Waals surface area contributed by atoms with E-state index < -0.39 is 4.92 Å². The lowest BCUT2D eigenvalue weighted by molar-refractivity contribution is -0.384. The summed E-state index contributed by atoms with van der Waals surface area (Å²) in [5.41, 5.74) is 1.42. The standard InChI is InChI=1S/C18H18FN3O3/c1-13-12-20(16-6-8-17(9-7-16)22(24)25)10-11-21(13)18(23)14-2-4-15(19)5-3-14/h2-9,13H,10-12H2,1H3/t13-/m1/s1. The summed E-state index contributed by atoms with van der Waals surface area (Å²) < 4.78 is 13.0. The van der Waals surface area contributed by atoms with Crippen molar-refractivity contribution in [3.05, 3.63) is 70.0 Å². The SMILES string of the molecule is C[C@@H]1CN(c2ccc([N+](=O)[O-])cc2)CCN1C(=O)c1ccc(F)cc1. The highest BCUT2D eigenvalue weighted by Gasteiger charge is 2.28. The second-order valence-electron chi connectivity index (χ2n) is 6.07. The molecule has 2 aromatic rings. The van der Waals surface area contributed by atoms with Crippen molar-refractivity contribution in [1.29, 1.82) is 0 Å². The number of anilines is 1. The van der Waals surface area contributed by atoms with Gasteiger partial charge in [0.2, 0.25) is 0 Å². The van der Waals surface area contributed by atoms with E-state index in [9.17, 15) is 19.3 Å². The molecule has 0 N–H and O–H groups in total. The number of amides is 1. The molecule has 0 bridgehead atoms. The van der Waals surface area contributed by atoms with Crippen LogP contribution >= 0.6 is 0 Å². The van der Waals surface area contributed by atoms with Crippen LogP contribution in [0.5, 0.6) is 0 Å². The van der Waals surface area contributed by atoms with Gasteiger partial charge >= 0.3 is 0 Å². The van der Waals surface area contributed by atoms with Crippen molar-refractivity contribution in [2.75, 3.05) is 24.5 Å². The van der Waals surface area contributed by atoms with Gasteiger partial charge in [-0.2, -0.15) is 0 Å². The molecule has 1 heterocycles. The number of halogens is 1. The number of rotatable bonds is 3. The van der Waals surface area contributed by atoms with E-state index >= 15 is 0 Å². The van der Waals surface area contributed by atoms with Gasteiger partial charge in [0.05, 0.1) is 4.92 Å². The first-order valence-electron chi connectivity index (χ1n) is 8.01. The molecule has 7 heteroatoms. The molecule has 1 amide bonds. The molecule has 25 heavy (non-hydrogen) atoms. The summed E-state index contributed by atoms with van der Waals surface area (Å²) in [5, 5.41) is 10.7. The van der Waals surface area contributed by atoms with Crippen molar-refractivity contribution in [3.63, 3.8) is 0 Å². The quantitative estimate of drug-likeness (QED) is 0.634. The lowest BCUT2D eigenvalue weighted by Gasteiger charge is -2.41. The van der Waals surface area contributed by atoms with E-state index in [2.05, 4.69) is 4.90 Å². The Labute approximate surface area is 144 Å². The molecule has 6 nitrogen and oxygen atoms in total. The fourth-order valence-corrected chi connectivity index (χ4v) is 3.04. The van der Waals surface area contributed by atoms with Crippen LogP contribution in [0.1, 0.15) is 17.3 Å². The van der Waals surface area contributed by atoms with Gasteiger partial charge in [0.1, 0.15) is 5.82 Å². The highest BCUT2D eigenvalue weighted by atomic mass is 19.1. The normalized spacial score (nSPS) is 17.4. The number of nitrogens with zero attached hydrogens (tertiary/aromatic N) is 3. The number of benzene rings is 2. The monoisotopic (exact) mass is 343 g/mol. The summed E-state index contributed by atoms with van der Waals surface area (Å²) in [7, 11) is 0. The molecular formula is C18H18FN3O3. The number of hydrogen-bond acceptors (Lipinski definition) is 4. The van der Waals surface area contributed by atoms with Gasteiger partial charge in [-0.15, -0.1) is 0 Å². The van der Waals surface area contributed by atoms with Crippen molar-refractivity contribution in [3.8, 4) is 0 Å². The van der Waals surface area contributed by atoms with Crippen molar-refractivity contribution in [2.24, 2.45) is 0 Å². The first-order chi connectivity index (χ1) is 12.0. The predicted octanol–water partition coefficient (Wildman–Crippen LogP) is 3.08. The van der Waals surface area contributed by atoms with Crippen LogP contribution in [0.15, 0.2) is 48.5 Å². The Balaban J connectivity index is 1.68. The number of carbonyl (C=O) groups is 1. The maximum Gasteiger partial charge on any atom is 0.269 e. The lowest BCUT2D eigenvalue weighted by atomic mass is 10.1. The van der Waals surface area contributed by atoms with Crippen LogP contribution in [0.3, 0.4) is 0 Å². The van der Waals surface area contributed by atoms with E-state index in [0.717, 1.165) is 5.69 Å². The third-order valence-electron chi connectivity index (χ3n) is 4.41. The van der Waals surface area contributed by atoms with Crippen LogP contribution in [0.25, 0.3) is 0 Å². The summed E-state index contributed by atoms with van der Waals surface area (Å²) in [6.45, 7) is 3.76. The predicted molar refractivity (Wildman–Crippen MR) is 92.2 cm³/mol. The summed E-state index contributed by atoms with van der Waals surface area (Å²) in [5.74, 6) is -0.483. The van der Waals surface area contributed by atoms with E-state index in [4.69, 9.17) is 0 Å². The second-order valence-corrected chi connectivity index (χ2v) is 6.07. The Hall–Kier alpha value is -2.96. The zero-order chi connectivity index (χ0) is 18.0. The Morgan fingerprint density at radius 1 is 1.12 bits per heavy atom. The molecule has 0 aliphatic carbocycles. The molecule has 2 aromatic carbocycles. The molecule has 1 atom stereocenters. The van der Waals surface area contributed by atoms with Gasteiger partial charge in [-0.1, -0.05) is 0 Å². The fourth-order valence-electron chi connectivity index (χ4n) is 3.04. The zero-order valence-electron chi connectivity index (χ0n) is 13.8. The summed E-state index contributed by atoms with van der Waals surface area (Å²) >= 11 is 0. The van der Waals surface area contributed by atoms with E-state index in [1.807, 2.05) is 6.92 Å². The highest BCUT2D eigenvalue weighted by molar-refractivity contribution is 5.94. The maximum atomic E-state index is 13.0. The fraction of sp³-hybridized carbons (Fsp3) is 0.278. The Morgan fingerprint density at radius 3 is 2.32 bits per heavy atom. The van der Waals surface area contributed by atoms with E-state index in [1.165, 1.54) is 36.4 Å². The van der Waals surface area contributed by atoms with Gasteiger partial charge < -0.3 is 9.80 Å². The van der Waals surface area contributed by atoms with Gasteiger partial charge in [-0.05, 0) is 43.3 Å². The molecule has 0 spiro atoms. The number of carbonyl (C=O) groups excluding carboxylic acids is 1. The first kappa shape index (κ1) is 16.9. The van der Waals surface area contributed by atoms with E-state index in [0.29, 0.717) is 25.2 Å². The third-order valence-corrected chi connectivity index (χ3v) is 4.41. The largest absolute Gasteiger partial charge is 0.368 e. The lowest BCUT2D eigenvalue weighted by Crippen LogP contribution is -2.54. The van der Waals surface area contributed by atoms with Crippen molar-refractivity contribution >= 4 is 17.3 Å². The van der Waals surface area contributed by atoms with Crippen molar-refractivity contribution in [1.82, 2.24) is 4.90 Å². The minimum Gasteiger partial charge on any atom is -0.368 e. The molecule has 3 rings (SSSR count). The third kappa shape index (κ3) is 3.60. The minimum atomic E-state index is -0.425. The molecule has 130 valence electrons. The molecule has 1 fully saturated rings. The summed E-state index contributed by atoms with van der Waals surface area (Å²) in [4.78, 5) is 26.8. The molecule has 1 aliphatic heterocycles. The van der Waals surface area contributed by atoms with Crippen LogP contribution in [0, 0.1) is 15.9 Å². The van der Waals surface area contributed by atoms with Gasteiger partial charge in [0, 0.05) is 49.1 Å². The van der Waals surface area contributed by atoms with Crippen LogP contribution < -0.4 is 4.90 Å². The maximum absolute atomic E-state index is 13.0. The number of nitro benzene ring substituents is 1. The van der Waals surface area contributed by atoms with E-state index in [1.54, 1.807) is 17.0 Å². The number of non-ortho nitro benzene ring substituents is 1. The molecule has 0 unspecified atom stereocenters. The Bertz CT molecular complexity index is 777. The molecule has 0 radical (unpaired) electrons. The van der Waals surface area contributed by atoms with Crippen LogP contribution in [0.2, 0.25) is 0 Å². The molecule has 0 saturated carbocycles. The number of nitro groups is 1. The van der Waals surface area contributed by atoms with Crippen LogP contribution in [-0.4, -0.2) is 41.4 Å². The minimum absolute atomic E-state index is 0.0264. The Kier molecular flexibility index (Phi) is 4.65. The van der Waals surface area contributed by atoms with Gasteiger partial charge in [-0.3, -0.25) is 14.9 Å². The Morgan fingerprint density at radius 2 is 1.76 bits per heavy atom. The molecular weight excluding hydrogens is 325 g/mol. The highest BCUT2D eigenvalue weighted by Crippen LogP contribution is 2.23. The number of hydrogen-bond donors (Lipinski definition) is 0. The van der Waals surface area contributed by atoms with Crippen molar-refractivity contribution < 1.29 is 14.1 Å². The first-order valence-corrected chi connectivity index (χ1v) is 8.01.